The fraction of sp³-hybridized carbons (Fsp3) is 0.0909. The number of hydrogen-bond donors (Lipinski definition) is 2. The maximum Gasteiger partial charge on any atom is 0.274 e. The van der Waals surface area contributed by atoms with Crippen molar-refractivity contribution in [1.29, 1.82) is 0 Å². The minimum absolute atomic E-state index is 0.205. The molecule has 0 saturated heterocycles. The number of halogens is 1. The molecule has 0 spiro atoms. The first-order valence-corrected chi connectivity index (χ1v) is 5.93. The van der Waals surface area contributed by atoms with Gasteiger partial charge >= 0.3 is 0 Å². The highest BCUT2D eigenvalue weighted by Crippen LogP contribution is 2.09. The summed E-state index contributed by atoms with van der Waals surface area (Å²) in [5.41, 5.74) is 3.55. The van der Waals surface area contributed by atoms with E-state index < -0.39 is 0 Å². The molecule has 2 rings (SSSR count). The smallest absolute Gasteiger partial charge is 0.274 e. The molecule has 6 nitrogen and oxygen atoms in total. The third kappa shape index (κ3) is 3.24. The summed E-state index contributed by atoms with van der Waals surface area (Å²) in [6.45, 7) is 1.58. The van der Waals surface area contributed by atoms with Gasteiger partial charge in [-0.1, -0.05) is 28.1 Å². The monoisotopic (exact) mass is 307 g/mol. The largest absolute Gasteiger partial charge is 0.288 e. The standard InChI is InChI=1S/C11H10BrN5O/c1-7-10(18)14-11(17-15-7)16-13-6-8-3-2-4-9(12)5-8/h2-6H,1H3,(H2,14,16,17,18)/b13-6-. The van der Waals surface area contributed by atoms with Gasteiger partial charge in [-0.2, -0.15) is 5.10 Å². The van der Waals surface area contributed by atoms with Gasteiger partial charge in [0.05, 0.1) is 6.21 Å². The minimum atomic E-state index is -0.287. The van der Waals surface area contributed by atoms with Crippen molar-refractivity contribution in [3.63, 3.8) is 0 Å². The van der Waals surface area contributed by atoms with Gasteiger partial charge in [0.1, 0.15) is 5.69 Å². The van der Waals surface area contributed by atoms with Crippen molar-refractivity contribution < 1.29 is 0 Å². The Kier molecular flexibility index (Phi) is 3.83. The van der Waals surface area contributed by atoms with Gasteiger partial charge in [0, 0.05) is 4.47 Å². The van der Waals surface area contributed by atoms with E-state index in [1.807, 2.05) is 24.3 Å². The Bertz CT molecular complexity index is 637. The van der Waals surface area contributed by atoms with Gasteiger partial charge in [0.2, 0.25) is 5.95 Å². The van der Waals surface area contributed by atoms with Crippen molar-refractivity contribution in [2.45, 2.75) is 6.92 Å². The first-order valence-electron chi connectivity index (χ1n) is 5.13. The number of hydrogen-bond acceptors (Lipinski definition) is 5. The summed E-state index contributed by atoms with van der Waals surface area (Å²) >= 11 is 3.36. The number of aryl methyl sites for hydroxylation is 1. The molecule has 1 aromatic heterocycles. The van der Waals surface area contributed by atoms with E-state index in [1.54, 1.807) is 13.1 Å². The molecule has 18 heavy (non-hydrogen) atoms. The van der Waals surface area contributed by atoms with Gasteiger partial charge in [-0.15, -0.1) is 10.2 Å². The van der Waals surface area contributed by atoms with Crippen molar-refractivity contribution in [1.82, 2.24) is 15.2 Å². The average Bonchev–Trinajstić information content (AvgIpc) is 2.34. The third-order valence-electron chi connectivity index (χ3n) is 2.09. The Morgan fingerprint density at radius 3 is 3.00 bits per heavy atom. The molecule has 1 aromatic carbocycles. The van der Waals surface area contributed by atoms with Crippen LogP contribution in [0, 0.1) is 6.92 Å². The second-order valence-electron chi connectivity index (χ2n) is 3.51. The number of aromatic nitrogens is 3. The van der Waals surface area contributed by atoms with Crippen molar-refractivity contribution in [3.8, 4) is 0 Å². The summed E-state index contributed by atoms with van der Waals surface area (Å²) in [4.78, 5) is 13.8. The van der Waals surface area contributed by atoms with E-state index >= 15 is 0 Å². The summed E-state index contributed by atoms with van der Waals surface area (Å²) in [6, 6.07) is 7.64. The van der Waals surface area contributed by atoms with Gasteiger partial charge < -0.3 is 0 Å². The number of nitrogens with one attached hydrogen (secondary N) is 2. The molecule has 0 bridgehead atoms. The molecule has 92 valence electrons. The van der Waals surface area contributed by atoms with Crippen LogP contribution < -0.4 is 11.0 Å². The van der Waals surface area contributed by atoms with E-state index in [1.165, 1.54) is 0 Å². The third-order valence-corrected chi connectivity index (χ3v) is 2.59. The van der Waals surface area contributed by atoms with Crippen molar-refractivity contribution in [2.75, 3.05) is 5.43 Å². The number of hydrazone groups is 1. The Labute approximate surface area is 111 Å². The van der Waals surface area contributed by atoms with E-state index in [2.05, 4.69) is 41.6 Å². The molecule has 2 N–H and O–H groups in total. The Morgan fingerprint density at radius 2 is 2.28 bits per heavy atom. The van der Waals surface area contributed by atoms with Crippen LogP contribution in [0.3, 0.4) is 0 Å². The molecule has 7 heteroatoms. The zero-order valence-electron chi connectivity index (χ0n) is 9.51. The molecule has 0 unspecified atom stereocenters. The maximum atomic E-state index is 11.3. The van der Waals surface area contributed by atoms with Crippen LogP contribution in [0.25, 0.3) is 0 Å². The Hall–Kier alpha value is -2.02. The fourth-order valence-electron chi connectivity index (χ4n) is 1.20. The second kappa shape index (κ2) is 5.54. The van der Waals surface area contributed by atoms with Crippen LogP contribution >= 0.6 is 15.9 Å². The molecule has 0 atom stereocenters. The Morgan fingerprint density at radius 1 is 1.44 bits per heavy atom. The molecule has 0 saturated carbocycles. The average molecular weight is 308 g/mol. The lowest BCUT2D eigenvalue weighted by Gasteiger charge is -1.98. The molecule has 0 aliphatic carbocycles. The zero-order valence-corrected chi connectivity index (χ0v) is 11.1. The van der Waals surface area contributed by atoms with Crippen molar-refractivity contribution in [2.24, 2.45) is 5.10 Å². The number of anilines is 1. The molecule has 0 amide bonds. The van der Waals surface area contributed by atoms with Gasteiger partial charge in [0.15, 0.2) is 0 Å². The van der Waals surface area contributed by atoms with Crippen LogP contribution in [0.4, 0.5) is 5.95 Å². The highest BCUT2D eigenvalue weighted by molar-refractivity contribution is 9.10. The first-order chi connectivity index (χ1) is 8.65. The van der Waals surface area contributed by atoms with Gasteiger partial charge in [0.25, 0.3) is 5.56 Å². The lowest BCUT2D eigenvalue weighted by Crippen LogP contribution is -2.15. The Balaban J connectivity index is 2.07. The van der Waals surface area contributed by atoms with Crippen LogP contribution in [0.15, 0.2) is 38.6 Å². The quantitative estimate of drug-likeness (QED) is 0.667. The van der Waals surface area contributed by atoms with Gasteiger partial charge in [-0.3, -0.25) is 9.78 Å². The van der Waals surface area contributed by atoms with Crippen LogP contribution in [0.1, 0.15) is 11.3 Å². The number of aromatic amines is 1. The van der Waals surface area contributed by atoms with Crippen molar-refractivity contribution >= 4 is 28.1 Å². The summed E-state index contributed by atoms with van der Waals surface area (Å²) in [6.07, 6.45) is 1.62. The summed E-state index contributed by atoms with van der Waals surface area (Å²) in [7, 11) is 0. The highest BCUT2D eigenvalue weighted by atomic mass is 79.9. The molecular formula is C11H10BrN5O. The van der Waals surface area contributed by atoms with Crippen LogP contribution in [0.2, 0.25) is 0 Å². The fourth-order valence-corrected chi connectivity index (χ4v) is 1.62. The summed E-state index contributed by atoms with van der Waals surface area (Å²) < 4.78 is 0.968. The van der Waals surface area contributed by atoms with E-state index in [-0.39, 0.29) is 11.5 Å². The lowest BCUT2D eigenvalue weighted by molar-refractivity contribution is 0.897. The van der Waals surface area contributed by atoms with Crippen LogP contribution in [0.5, 0.6) is 0 Å². The molecule has 0 aliphatic rings. The molecular weight excluding hydrogens is 298 g/mol. The normalized spacial score (nSPS) is 10.8. The van der Waals surface area contributed by atoms with Gasteiger partial charge in [-0.25, -0.2) is 5.43 Å². The van der Waals surface area contributed by atoms with Crippen LogP contribution in [-0.2, 0) is 0 Å². The zero-order chi connectivity index (χ0) is 13.0. The number of rotatable bonds is 3. The topological polar surface area (TPSA) is 83.0 Å². The van der Waals surface area contributed by atoms with E-state index in [0.29, 0.717) is 5.69 Å². The van der Waals surface area contributed by atoms with Gasteiger partial charge in [-0.05, 0) is 24.6 Å². The summed E-state index contributed by atoms with van der Waals surface area (Å²) in [5, 5.41) is 11.4. The predicted molar refractivity (Wildman–Crippen MR) is 72.7 cm³/mol. The highest BCUT2D eigenvalue weighted by Gasteiger charge is 1.97. The molecule has 0 aliphatic heterocycles. The van der Waals surface area contributed by atoms with Crippen LogP contribution in [-0.4, -0.2) is 21.4 Å². The number of benzene rings is 1. The van der Waals surface area contributed by atoms with Crippen molar-refractivity contribution in [3.05, 3.63) is 50.3 Å². The minimum Gasteiger partial charge on any atom is -0.288 e. The molecule has 2 aromatic rings. The maximum absolute atomic E-state index is 11.3. The number of H-pyrrole nitrogens is 1. The van der Waals surface area contributed by atoms with E-state index in [9.17, 15) is 4.79 Å². The second-order valence-corrected chi connectivity index (χ2v) is 4.43. The summed E-state index contributed by atoms with van der Waals surface area (Å²) in [5.74, 6) is 0.205. The lowest BCUT2D eigenvalue weighted by atomic mass is 10.2. The SMILES string of the molecule is Cc1nnc(N/N=C\c2cccc(Br)c2)[nH]c1=O. The predicted octanol–water partition coefficient (Wildman–Crippen LogP) is 1.68. The first kappa shape index (κ1) is 12.4. The molecule has 0 fully saturated rings. The molecule has 1 heterocycles. The van der Waals surface area contributed by atoms with E-state index in [4.69, 9.17) is 0 Å². The van der Waals surface area contributed by atoms with E-state index in [0.717, 1.165) is 10.0 Å². The molecule has 0 radical (unpaired) electrons. The number of nitrogens with zero attached hydrogens (tertiary/aromatic N) is 3.